The molecule has 0 saturated carbocycles. The number of esters is 1. The lowest BCUT2D eigenvalue weighted by Crippen LogP contribution is -2.16. The molecule has 0 saturated heterocycles. The fraction of sp³-hybridized carbons (Fsp3) is 0.136. The Morgan fingerprint density at radius 1 is 1.04 bits per heavy atom. The summed E-state index contributed by atoms with van der Waals surface area (Å²) in [6.07, 6.45) is 2.55. The summed E-state index contributed by atoms with van der Waals surface area (Å²) < 4.78 is 4.70. The van der Waals surface area contributed by atoms with Crippen molar-refractivity contribution in [3.63, 3.8) is 0 Å². The van der Waals surface area contributed by atoms with Crippen molar-refractivity contribution in [2.75, 3.05) is 23.9 Å². The Morgan fingerprint density at radius 3 is 2.68 bits per heavy atom. The maximum atomic E-state index is 12.5. The van der Waals surface area contributed by atoms with E-state index in [2.05, 4.69) is 27.3 Å². The molecule has 6 heteroatoms. The van der Waals surface area contributed by atoms with Gasteiger partial charge in [0.25, 0.3) is 5.91 Å². The SMILES string of the molecule is COC(=O)c1cccc(NC(=O)c2ccc(N3CCc4ccccc43)nc2)c1. The summed E-state index contributed by atoms with van der Waals surface area (Å²) in [7, 11) is 1.32. The van der Waals surface area contributed by atoms with Gasteiger partial charge in [0.15, 0.2) is 0 Å². The van der Waals surface area contributed by atoms with Crippen molar-refractivity contribution in [2.45, 2.75) is 6.42 Å². The highest BCUT2D eigenvalue weighted by Gasteiger charge is 2.21. The molecule has 2 aromatic carbocycles. The molecule has 0 atom stereocenters. The third kappa shape index (κ3) is 3.44. The number of carbonyl (C=O) groups is 2. The molecule has 140 valence electrons. The summed E-state index contributed by atoms with van der Waals surface area (Å²) in [5.74, 6) is 0.0742. The number of hydrogen-bond donors (Lipinski definition) is 1. The lowest BCUT2D eigenvalue weighted by Gasteiger charge is -2.18. The fourth-order valence-electron chi connectivity index (χ4n) is 3.30. The van der Waals surface area contributed by atoms with Crippen LogP contribution in [0.5, 0.6) is 0 Å². The van der Waals surface area contributed by atoms with Crippen LogP contribution in [0.15, 0.2) is 66.9 Å². The van der Waals surface area contributed by atoms with Gasteiger partial charge < -0.3 is 15.0 Å². The maximum absolute atomic E-state index is 12.5. The number of hydrogen-bond acceptors (Lipinski definition) is 5. The largest absolute Gasteiger partial charge is 0.465 e. The van der Waals surface area contributed by atoms with Gasteiger partial charge in [0, 0.05) is 24.1 Å². The zero-order chi connectivity index (χ0) is 19.5. The number of nitrogens with one attached hydrogen (secondary N) is 1. The topological polar surface area (TPSA) is 71.5 Å². The summed E-state index contributed by atoms with van der Waals surface area (Å²) in [6.45, 7) is 0.873. The zero-order valence-corrected chi connectivity index (χ0v) is 15.4. The van der Waals surface area contributed by atoms with Gasteiger partial charge in [0.2, 0.25) is 0 Å². The molecule has 1 N–H and O–H groups in total. The van der Waals surface area contributed by atoms with Crippen molar-refractivity contribution in [3.8, 4) is 0 Å². The molecule has 3 aromatic rings. The van der Waals surface area contributed by atoms with E-state index in [9.17, 15) is 9.59 Å². The average Bonchev–Trinajstić information content (AvgIpc) is 3.17. The summed E-state index contributed by atoms with van der Waals surface area (Å²) in [4.78, 5) is 30.8. The number of benzene rings is 2. The number of amides is 1. The predicted molar refractivity (Wildman–Crippen MR) is 107 cm³/mol. The van der Waals surface area contributed by atoms with Crippen LogP contribution in [0.4, 0.5) is 17.2 Å². The number of ether oxygens (including phenoxy) is 1. The van der Waals surface area contributed by atoms with Crippen LogP contribution >= 0.6 is 0 Å². The van der Waals surface area contributed by atoms with E-state index in [1.165, 1.54) is 12.7 Å². The van der Waals surface area contributed by atoms with Gasteiger partial charge in [-0.15, -0.1) is 0 Å². The minimum Gasteiger partial charge on any atom is -0.465 e. The number of aromatic nitrogens is 1. The first-order valence-electron chi connectivity index (χ1n) is 8.97. The zero-order valence-electron chi connectivity index (χ0n) is 15.4. The molecular weight excluding hydrogens is 354 g/mol. The van der Waals surface area contributed by atoms with Gasteiger partial charge >= 0.3 is 5.97 Å². The molecule has 28 heavy (non-hydrogen) atoms. The summed E-state index contributed by atoms with van der Waals surface area (Å²) in [5, 5.41) is 2.78. The maximum Gasteiger partial charge on any atom is 0.337 e. The molecule has 2 heterocycles. The van der Waals surface area contributed by atoms with Crippen molar-refractivity contribution >= 4 is 29.1 Å². The lowest BCUT2D eigenvalue weighted by molar-refractivity contribution is 0.0600. The van der Waals surface area contributed by atoms with Crippen LogP contribution < -0.4 is 10.2 Å². The number of fused-ring (bicyclic) bond motifs is 1. The highest BCUT2D eigenvalue weighted by molar-refractivity contribution is 6.04. The van der Waals surface area contributed by atoms with E-state index in [1.54, 1.807) is 36.5 Å². The number of para-hydroxylation sites is 1. The van der Waals surface area contributed by atoms with Crippen LogP contribution in [0.25, 0.3) is 0 Å². The summed E-state index contributed by atoms with van der Waals surface area (Å²) >= 11 is 0. The molecule has 0 aliphatic carbocycles. The van der Waals surface area contributed by atoms with Crippen LogP contribution in [-0.2, 0) is 11.2 Å². The Hall–Kier alpha value is -3.67. The van der Waals surface area contributed by atoms with Gasteiger partial charge in [-0.3, -0.25) is 4.79 Å². The number of pyridine rings is 1. The number of carbonyl (C=O) groups excluding carboxylic acids is 2. The van der Waals surface area contributed by atoms with Gasteiger partial charge in [-0.25, -0.2) is 9.78 Å². The van der Waals surface area contributed by atoms with Crippen molar-refractivity contribution in [1.29, 1.82) is 0 Å². The molecule has 1 aromatic heterocycles. The number of methoxy groups -OCH3 is 1. The second-order valence-corrected chi connectivity index (χ2v) is 6.46. The molecule has 6 nitrogen and oxygen atoms in total. The molecule has 0 radical (unpaired) electrons. The molecule has 0 fully saturated rings. The van der Waals surface area contributed by atoms with Gasteiger partial charge in [0.1, 0.15) is 5.82 Å². The number of anilines is 3. The highest BCUT2D eigenvalue weighted by atomic mass is 16.5. The molecule has 1 amide bonds. The monoisotopic (exact) mass is 373 g/mol. The van der Waals surface area contributed by atoms with Gasteiger partial charge in [-0.1, -0.05) is 24.3 Å². The van der Waals surface area contributed by atoms with Crippen molar-refractivity contribution in [3.05, 3.63) is 83.6 Å². The third-order valence-electron chi connectivity index (χ3n) is 4.72. The fourth-order valence-corrected chi connectivity index (χ4v) is 3.30. The van der Waals surface area contributed by atoms with E-state index in [-0.39, 0.29) is 5.91 Å². The molecule has 1 aliphatic rings. The molecule has 0 unspecified atom stereocenters. The first-order chi connectivity index (χ1) is 13.7. The van der Waals surface area contributed by atoms with Crippen LogP contribution in [0.3, 0.4) is 0 Å². The van der Waals surface area contributed by atoms with Gasteiger partial charge in [-0.05, 0) is 48.4 Å². The van der Waals surface area contributed by atoms with Crippen LogP contribution in [-0.4, -0.2) is 30.5 Å². The normalized spacial score (nSPS) is 12.4. The Labute approximate surface area is 162 Å². The first kappa shape index (κ1) is 17.7. The highest BCUT2D eigenvalue weighted by Crippen LogP contribution is 2.33. The van der Waals surface area contributed by atoms with Crippen molar-refractivity contribution in [2.24, 2.45) is 0 Å². The Balaban J connectivity index is 1.49. The van der Waals surface area contributed by atoms with E-state index < -0.39 is 5.97 Å². The van der Waals surface area contributed by atoms with E-state index in [0.717, 1.165) is 24.5 Å². The van der Waals surface area contributed by atoms with E-state index in [0.29, 0.717) is 16.8 Å². The third-order valence-corrected chi connectivity index (χ3v) is 4.72. The number of nitrogens with zero attached hydrogens (tertiary/aromatic N) is 2. The van der Waals surface area contributed by atoms with Gasteiger partial charge in [0.05, 0.1) is 18.2 Å². The van der Waals surface area contributed by atoms with Crippen LogP contribution in [0.1, 0.15) is 26.3 Å². The minimum absolute atomic E-state index is 0.289. The molecule has 1 aliphatic heterocycles. The molecule has 0 spiro atoms. The average molecular weight is 373 g/mol. The first-order valence-corrected chi connectivity index (χ1v) is 8.97. The Bertz CT molecular complexity index is 1030. The second-order valence-electron chi connectivity index (χ2n) is 6.46. The molecule has 0 bridgehead atoms. The van der Waals surface area contributed by atoms with E-state index in [4.69, 9.17) is 4.74 Å². The smallest absolute Gasteiger partial charge is 0.337 e. The van der Waals surface area contributed by atoms with Crippen molar-refractivity contribution < 1.29 is 14.3 Å². The molecular formula is C22H19N3O3. The second kappa shape index (κ2) is 7.52. The van der Waals surface area contributed by atoms with Gasteiger partial charge in [-0.2, -0.15) is 0 Å². The molecule has 4 rings (SSSR count). The van der Waals surface area contributed by atoms with E-state index >= 15 is 0 Å². The van der Waals surface area contributed by atoms with Crippen LogP contribution in [0, 0.1) is 0 Å². The summed E-state index contributed by atoms with van der Waals surface area (Å²) in [6, 6.07) is 18.5. The summed E-state index contributed by atoms with van der Waals surface area (Å²) in [5.41, 5.74) is 3.80. The predicted octanol–water partition coefficient (Wildman–Crippen LogP) is 3.81. The minimum atomic E-state index is -0.451. The standard InChI is InChI=1S/C22H19N3O3/c1-28-22(27)16-6-4-7-18(13-16)24-21(26)17-9-10-20(23-14-17)25-12-11-15-5-2-3-8-19(15)25/h2-10,13-14H,11-12H2,1H3,(H,24,26). The van der Waals surface area contributed by atoms with E-state index in [1.807, 2.05) is 18.2 Å². The quantitative estimate of drug-likeness (QED) is 0.704. The lowest BCUT2D eigenvalue weighted by atomic mass is 10.2. The van der Waals surface area contributed by atoms with Crippen molar-refractivity contribution in [1.82, 2.24) is 4.98 Å². The Kier molecular flexibility index (Phi) is 4.76. The van der Waals surface area contributed by atoms with Crippen LogP contribution in [0.2, 0.25) is 0 Å². The number of rotatable bonds is 4. The Morgan fingerprint density at radius 2 is 1.89 bits per heavy atom.